The molecule has 3 aromatic rings. The van der Waals surface area contributed by atoms with Crippen LogP contribution >= 0.6 is 45.6 Å². The van der Waals surface area contributed by atoms with Crippen molar-refractivity contribution >= 4 is 45.6 Å². The Bertz CT molecular complexity index is 1700. The predicted octanol–water partition coefficient (Wildman–Crippen LogP) is 0.106. The molecule has 22 nitrogen and oxygen atoms in total. The van der Waals surface area contributed by atoms with Gasteiger partial charge in [-0.3, -0.25) is 27.4 Å². The van der Waals surface area contributed by atoms with Crippen LogP contribution < -0.4 is 5.73 Å². The fourth-order valence-corrected chi connectivity index (χ4v) is 10.5. The molecule has 276 valence electrons. The van der Waals surface area contributed by atoms with Crippen molar-refractivity contribution < 1.29 is 101 Å². The number of hydrogen-bond acceptors (Lipinski definition) is 10. The summed E-state index contributed by atoms with van der Waals surface area (Å²) in [6.07, 6.45) is 0. The van der Waals surface area contributed by atoms with Crippen LogP contribution in [-0.4, -0.2) is 74.0 Å². The largest absolute Gasteiger partial charge is 0.508 e. The number of nitrogens with two attached hydrogens (primary N) is 1. The maximum atomic E-state index is 11.2. The summed E-state index contributed by atoms with van der Waals surface area (Å²) in [5, 5.41) is 18.1. The maximum absolute atomic E-state index is 11.2. The van der Waals surface area contributed by atoms with Gasteiger partial charge in [0.15, 0.2) is 0 Å². The summed E-state index contributed by atoms with van der Waals surface area (Å²) in [7, 11) is -32.4. The maximum Gasteiger partial charge on any atom is 0.374 e. The first-order valence-corrected chi connectivity index (χ1v) is 21.9. The number of aromatic hydroxyl groups is 1. The second-order valence-corrected chi connectivity index (χ2v) is 21.1. The van der Waals surface area contributed by atoms with Gasteiger partial charge in [-0.05, 0) is 17.7 Å². The van der Waals surface area contributed by atoms with Crippen molar-refractivity contribution in [1.29, 1.82) is 0 Å². The zero-order valence-electron chi connectivity index (χ0n) is 24.0. The molecule has 17 N–H and O–H groups in total. The van der Waals surface area contributed by atoms with Gasteiger partial charge in [0.25, 0.3) is 10.2 Å². The SMILES string of the molecule is NC(c1ccc(O)cc1)(P(=O)(O)O)P(=O)(O)O.O=P(O)(O)C(O)(c1ccccc1)P(=O)(O)O.O=P(O)(O)C(O)(c1ccccc1)P(=O)(O)O. The summed E-state index contributed by atoms with van der Waals surface area (Å²) < 4.78 is 66.6. The number of benzene rings is 3. The zero-order valence-corrected chi connectivity index (χ0v) is 29.4. The van der Waals surface area contributed by atoms with Crippen molar-refractivity contribution in [3.63, 3.8) is 0 Å². The minimum Gasteiger partial charge on any atom is -0.508 e. The fraction of sp³-hybridized carbons (Fsp3) is 0.143. The average Bonchev–Trinajstić information content (AvgIpc) is 2.94. The Morgan fingerprint density at radius 3 is 0.837 bits per heavy atom. The van der Waals surface area contributed by atoms with E-state index in [1.807, 2.05) is 0 Å². The number of hydrogen-bond donors (Lipinski definition) is 16. The predicted molar refractivity (Wildman–Crippen MR) is 167 cm³/mol. The smallest absolute Gasteiger partial charge is 0.374 e. The van der Waals surface area contributed by atoms with Gasteiger partial charge in [0, 0.05) is 11.1 Å². The Morgan fingerprint density at radius 2 is 0.633 bits per heavy atom. The molecule has 0 fully saturated rings. The van der Waals surface area contributed by atoms with Gasteiger partial charge in [-0.1, -0.05) is 72.8 Å². The highest BCUT2D eigenvalue weighted by Crippen LogP contribution is 2.74. The fourth-order valence-electron chi connectivity index (χ4n) is 3.55. The summed E-state index contributed by atoms with van der Waals surface area (Å²) in [6.45, 7) is 0. The number of rotatable bonds is 9. The average molecular weight is 819 g/mol. The molecular formula is C21H31NO21P6. The first-order chi connectivity index (χ1) is 21.7. The van der Waals surface area contributed by atoms with Gasteiger partial charge in [0.2, 0.25) is 5.02 Å². The second-order valence-electron chi connectivity index (χ2n) is 9.54. The molecule has 0 aliphatic heterocycles. The Balaban J connectivity index is 0.000000368. The van der Waals surface area contributed by atoms with Crippen LogP contribution in [0.15, 0.2) is 84.9 Å². The molecule has 28 heteroatoms. The first-order valence-electron chi connectivity index (χ1n) is 12.2. The lowest BCUT2D eigenvalue weighted by Crippen LogP contribution is -2.36. The highest BCUT2D eigenvalue weighted by Gasteiger charge is 2.62. The lowest BCUT2D eigenvalue weighted by Gasteiger charge is -2.30. The molecule has 0 spiro atoms. The van der Waals surface area contributed by atoms with Crippen molar-refractivity contribution in [1.82, 2.24) is 0 Å². The molecular weight excluding hydrogens is 788 g/mol. The number of phenols is 1. The number of phenolic OH excluding ortho intramolecular Hbond substituents is 1. The monoisotopic (exact) mass is 819 g/mol. The van der Waals surface area contributed by atoms with Crippen molar-refractivity contribution in [3.8, 4) is 5.75 Å². The molecule has 0 aliphatic rings. The molecule has 0 bridgehead atoms. The van der Waals surface area contributed by atoms with E-state index in [0.717, 1.165) is 48.5 Å². The van der Waals surface area contributed by atoms with Crippen molar-refractivity contribution in [2.24, 2.45) is 5.73 Å². The Morgan fingerprint density at radius 1 is 0.388 bits per heavy atom. The van der Waals surface area contributed by atoms with E-state index in [-0.39, 0.29) is 5.75 Å². The summed E-state index contributed by atoms with van der Waals surface area (Å²) in [4.78, 5) is 107. The van der Waals surface area contributed by atoms with E-state index in [2.05, 4.69) is 0 Å². The van der Waals surface area contributed by atoms with Crippen molar-refractivity contribution in [2.45, 2.75) is 15.2 Å². The van der Waals surface area contributed by atoms with Crippen LogP contribution in [0.1, 0.15) is 16.7 Å². The van der Waals surface area contributed by atoms with E-state index >= 15 is 0 Å². The molecule has 0 radical (unpaired) electrons. The molecule has 3 aromatic carbocycles. The second kappa shape index (κ2) is 15.5. The van der Waals surface area contributed by atoms with E-state index in [0.29, 0.717) is 0 Å². The Labute approximate surface area is 275 Å². The highest BCUT2D eigenvalue weighted by molar-refractivity contribution is 7.72. The van der Waals surface area contributed by atoms with Gasteiger partial charge in [-0.25, -0.2) is 0 Å². The quantitative estimate of drug-likeness (QED) is 0.127. The molecule has 49 heavy (non-hydrogen) atoms. The van der Waals surface area contributed by atoms with Gasteiger partial charge in [0.1, 0.15) is 5.75 Å². The lowest BCUT2D eigenvalue weighted by molar-refractivity contribution is 0.130. The Hall–Kier alpha value is -1.76. The normalized spacial score (nSPS) is 13.8. The summed E-state index contributed by atoms with van der Waals surface area (Å²) in [5.74, 6) is -0.229. The highest BCUT2D eigenvalue weighted by atomic mass is 31.3. The van der Waals surface area contributed by atoms with Gasteiger partial charge < -0.3 is 79.8 Å². The molecule has 0 unspecified atom stereocenters. The molecule has 0 atom stereocenters. The summed E-state index contributed by atoms with van der Waals surface area (Å²) in [6, 6.07) is 16.2. The molecule has 0 amide bonds. The molecule has 0 saturated carbocycles. The van der Waals surface area contributed by atoms with Crippen molar-refractivity contribution in [2.75, 3.05) is 0 Å². The van der Waals surface area contributed by atoms with Gasteiger partial charge in [0.05, 0.1) is 0 Å². The van der Waals surface area contributed by atoms with Crippen LogP contribution in [0.3, 0.4) is 0 Å². The molecule has 3 rings (SSSR count). The van der Waals surface area contributed by atoms with Crippen LogP contribution in [-0.2, 0) is 42.6 Å². The molecule has 0 heterocycles. The third kappa shape index (κ3) is 9.77. The lowest BCUT2D eigenvalue weighted by atomic mass is 10.2. The van der Waals surface area contributed by atoms with E-state index in [4.69, 9.17) is 69.6 Å². The standard InChI is InChI=1S/C7H11NO7P2.2C7H10O7P2/c8-7(16(10,11)12,17(13,14)15)5-1-3-6(9)4-2-5;2*8-7(15(9,10)11,16(12,13)14)6-4-2-1-3-5-6/h1-4,9H,8H2,(H2,10,11,12)(H2,13,14,15);2*1-5,8H,(H2,9,10,11)(H2,12,13,14). The third-order valence-electron chi connectivity index (χ3n) is 6.13. The molecule has 0 saturated heterocycles. The van der Waals surface area contributed by atoms with Crippen LogP contribution in [0.5, 0.6) is 5.75 Å². The van der Waals surface area contributed by atoms with E-state index in [9.17, 15) is 37.6 Å². The van der Waals surface area contributed by atoms with Crippen LogP contribution in [0, 0.1) is 0 Å². The minimum absolute atomic E-state index is 0.229. The van der Waals surface area contributed by atoms with E-state index in [1.54, 1.807) is 0 Å². The topological polar surface area (TPSA) is 432 Å². The summed E-state index contributed by atoms with van der Waals surface area (Å²) >= 11 is 0. The van der Waals surface area contributed by atoms with Crippen LogP contribution in [0.4, 0.5) is 0 Å². The van der Waals surface area contributed by atoms with Gasteiger partial charge in [-0.2, -0.15) is 0 Å². The van der Waals surface area contributed by atoms with Gasteiger partial charge in [-0.15, -0.1) is 0 Å². The summed E-state index contributed by atoms with van der Waals surface area (Å²) in [5.41, 5.74) is 3.69. The zero-order chi connectivity index (χ0) is 38.7. The first kappa shape index (κ1) is 45.3. The third-order valence-corrected chi connectivity index (χ3v) is 17.4. The van der Waals surface area contributed by atoms with Crippen LogP contribution in [0.25, 0.3) is 0 Å². The Kier molecular flexibility index (Phi) is 14.3. The molecule has 0 aliphatic carbocycles. The minimum atomic E-state index is -5.44. The number of aliphatic hydroxyl groups is 2. The van der Waals surface area contributed by atoms with Crippen LogP contribution in [0.2, 0.25) is 0 Å². The van der Waals surface area contributed by atoms with Gasteiger partial charge >= 0.3 is 45.6 Å². The van der Waals surface area contributed by atoms with Crippen molar-refractivity contribution in [3.05, 3.63) is 102 Å². The van der Waals surface area contributed by atoms with E-state index < -0.39 is 77.5 Å². The molecule has 0 aromatic heterocycles. The van der Waals surface area contributed by atoms with E-state index in [1.165, 1.54) is 36.4 Å².